The lowest BCUT2D eigenvalue weighted by atomic mass is 9.77. The fraction of sp³-hybridized carbons (Fsp3) is 0.491. The van der Waals surface area contributed by atoms with Gasteiger partial charge >= 0.3 is 6.18 Å². The molecule has 4 fully saturated rings. The minimum absolute atomic E-state index is 0.00374. The molecule has 6 heterocycles. The Morgan fingerprint density at radius 3 is 1.54 bits per heavy atom. The molecular formula is C106H129F4N13O15S4. The highest BCUT2D eigenvalue weighted by molar-refractivity contribution is 7.81. The van der Waals surface area contributed by atoms with Gasteiger partial charge in [-0.25, -0.2) is 14.4 Å². The van der Waals surface area contributed by atoms with Gasteiger partial charge in [0.25, 0.3) is 11.8 Å². The number of aryl methyl sites for hydroxylation is 2. The Morgan fingerprint density at radius 1 is 0.549 bits per heavy atom. The fourth-order valence-electron chi connectivity index (χ4n) is 17.6. The number of aromatic nitrogens is 2. The first-order valence-electron chi connectivity index (χ1n) is 47.9. The number of Topliss-reactive ketones (excluding diaryl/α,β-unsaturated/α-hetero) is 1. The number of nitrogens with zero attached hydrogens (tertiary/aromatic N) is 10. The second-order valence-corrected chi connectivity index (χ2v) is 41.9. The number of hydrogen-bond donors (Lipinski definition) is 3. The number of methoxy groups -OCH3 is 1. The van der Waals surface area contributed by atoms with Crippen LogP contribution in [-0.4, -0.2) is 193 Å². The van der Waals surface area contributed by atoms with Crippen molar-refractivity contribution in [3.05, 3.63) is 183 Å². The number of ketones is 1. The smallest absolute Gasteiger partial charge is 0.417 e. The Labute approximate surface area is 847 Å². The van der Waals surface area contributed by atoms with Crippen LogP contribution in [0.5, 0.6) is 17.2 Å². The van der Waals surface area contributed by atoms with E-state index in [1.807, 2.05) is 179 Å². The third kappa shape index (κ3) is 28.0. The van der Waals surface area contributed by atoms with Gasteiger partial charge in [0, 0.05) is 95.1 Å². The van der Waals surface area contributed by atoms with Crippen LogP contribution in [0.25, 0.3) is 20.9 Å². The van der Waals surface area contributed by atoms with Crippen molar-refractivity contribution >= 4 is 127 Å². The van der Waals surface area contributed by atoms with E-state index in [1.54, 1.807) is 50.7 Å². The molecule has 7 atom stereocenters. The van der Waals surface area contributed by atoms with Gasteiger partial charge in [-0.05, 0) is 249 Å². The van der Waals surface area contributed by atoms with E-state index in [1.165, 1.54) is 55.0 Å². The van der Waals surface area contributed by atoms with E-state index >= 15 is 4.39 Å². The molecule has 0 aliphatic carbocycles. The zero-order valence-electron chi connectivity index (χ0n) is 83.5. The van der Waals surface area contributed by atoms with Gasteiger partial charge in [0.1, 0.15) is 60.0 Å². The van der Waals surface area contributed by atoms with Crippen LogP contribution in [0.4, 0.5) is 40.3 Å². The van der Waals surface area contributed by atoms with E-state index in [0.717, 1.165) is 98.2 Å². The normalized spacial score (nSPS) is 17.5. The van der Waals surface area contributed by atoms with Crippen LogP contribution in [-0.2, 0) is 70.0 Å². The van der Waals surface area contributed by atoms with Crippen LogP contribution >= 0.6 is 47.1 Å². The van der Waals surface area contributed by atoms with Crippen LogP contribution in [0.15, 0.2) is 138 Å². The molecule has 3 N–H and O–H groups in total. The molecule has 4 aliphatic rings. The molecule has 0 unspecified atom stereocenters. The van der Waals surface area contributed by atoms with Gasteiger partial charge in [0.15, 0.2) is 27.6 Å². The maximum absolute atomic E-state index is 15.3. The molecule has 12 rings (SSSR count). The molecule has 142 heavy (non-hydrogen) atoms. The minimum atomic E-state index is -4.85. The summed E-state index contributed by atoms with van der Waals surface area (Å²) in [5.74, 6) is -2.35. The summed E-state index contributed by atoms with van der Waals surface area (Å²) in [5.41, 5.74) is 6.06. The third-order valence-electron chi connectivity index (χ3n) is 25.5. The SMILES string of the molecule is COc1cc(N2C(=O)C(C)(C)N(c3ccc(OCCCCCOCCCOCC(=O)N[C@H](C(=O)N4C[C@H](C)C[C@H]4C(=O)NCc4ccc(-c5scnc5C)cc4)C(C)(C)C)cc3)C2=S)ccc1C#N.Cc1ncsc1-c1ccc([C@H](C)NC(=O)[C@@H]2C[C@@H](C)CN2C(=O)[C@@H](CC(=O)COCCCOCCCCCOc2ccc(N3C(=S)N(c4ccc(C#N)c(C(F)(F)F)c4)C(=O)C3(C)C)cc2F)C(C)(C)C)cc1. The fourth-order valence-corrected chi connectivity index (χ4v) is 20.2. The topological polar surface area (TPSA) is 330 Å². The molecule has 0 saturated carbocycles. The average Bonchev–Trinajstić information content (AvgIpc) is 1.58. The summed E-state index contributed by atoms with van der Waals surface area (Å²) in [7, 11) is 1.48. The lowest BCUT2D eigenvalue weighted by Crippen LogP contribution is -2.58. The number of likely N-dealkylation sites (tertiary alicyclic amines) is 2. The zero-order chi connectivity index (χ0) is 103. The van der Waals surface area contributed by atoms with Crippen LogP contribution < -0.4 is 49.8 Å². The maximum Gasteiger partial charge on any atom is 0.417 e. The first kappa shape index (κ1) is 111. The summed E-state index contributed by atoms with van der Waals surface area (Å²) in [6, 6.07) is 36.7. The summed E-state index contributed by atoms with van der Waals surface area (Å²) in [5, 5.41) is 27.8. The lowest BCUT2D eigenvalue weighted by Gasteiger charge is -2.35. The number of benzene rings is 6. The Hall–Kier alpha value is -11.7. The number of hydrogen-bond acceptors (Lipinski definition) is 23. The third-order valence-corrected chi connectivity index (χ3v) is 28.2. The number of alkyl halides is 3. The minimum Gasteiger partial charge on any atom is -0.495 e. The zero-order valence-corrected chi connectivity index (χ0v) is 86.8. The number of nitrogens with one attached hydrogen (secondary N) is 3. The number of carbonyl (C=O) groups is 8. The Kier molecular flexibility index (Phi) is 38.6. The lowest BCUT2D eigenvalue weighted by molar-refractivity contribution is -0.146. The Morgan fingerprint density at radius 2 is 1.03 bits per heavy atom. The second kappa shape index (κ2) is 49.5. The van der Waals surface area contributed by atoms with Crippen molar-refractivity contribution < 1.29 is 89.1 Å². The highest BCUT2D eigenvalue weighted by atomic mass is 32.1. The number of carbonyl (C=O) groups excluding carboxylic acids is 8. The number of unbranched alkanes of at least 4 members (excludes halogenated alkanes) is 4. The van der Waals surface area contributed by atoms with E-state index < -0.39 is 80.9 Å². The van der Waals surface area contributed by atoms with Crippen molar-refractivity contribution in [1.82, 2.24) is 35.7 Å². The molecule has 2 aromatic heterocycles. The number of ether oxygens (including phenoxy) is 7. The molecule has 0 radical (unpaired) electrons. The van der Waals surface area contributed by atoms with Crippen LogP contribution in [0.3, 0.4) is 0 Å². The molecule has 36 heteroatoms. The number of halogens is 4. The summed E-state index contributed by atoms with van der Waals surface area (Å²) < 4.78 is 96.4. The molecule has 28 nitrogen and oxygen atoms in total. The number of thiocarbonyl (C=S) groups is 2. The number of nitriles is 2. The maximum atomic E-state index is 15.3. The van der Waals surface area contributed by atoms with Gasteiger partial charge in [-0.1, -0.05) is 104 Å². The standard InChI is InChI=1S/C54H64F4N6O7S2.C52H65N7O8S2/c1-33-25-45(48(66)61-34(2)36-13-15-37(16-14-36)47-35(3)60-32-73-47)62(30-33)49(67)43(52(4,5)6)28-41(65)31-70-23-12-22-69-21-10-9-11-24-71-46-20-19-40(27-44(46)55)64-51(72)63(50(68)53(64,7)8)39-18-17-38(29-59)42(26-39)54(56,57)58;1-34-27-42(47(61)54-30-36-13-15-37(16-14-36)45-35(2)55-33-69-45)57(31-34)48(62)46(51(3,4)5)56-44(60)32-66-25-12-24-65-23-10-9-11-26-67-41-21-19-39(20-22-41)59-50(68)58(49(63)52(59,6)7)40-18-17-38(29-53)43(28-40)64-8/h13-20,26-27,32-34,43,45H,9-12,21-25,28,30-31H2,1-8H3,(H,61,66);13-22,28,33-34,42,46H,9-12,23-27,30-32H2,1-8H3,(H,54,61)(H,56,60)/t33-,34+,43-,45+;34-,42+,46-/m11/s1. The highest BCUT2D eigenvalue weighted by Gasteiger charge is 2.53. The average molecular weight is 2030 g/mol. The van der Waals surface area contributed by atoms with Crippen LogP contribution in [0.2, 0.25) is 0 Å². The van der Waals surface area contributed by atoms with Crippen LogP contribution in [0, 0.1) is 70.9 Å². The van der Waals surface area contributed by atoms with Gasteiger partial charge < -0.3 is 68.7 Å². The molecule has 4 saturated heterocycles. The van der Waals surface area contributed by atoms with Gasteiger partial charge in [-0.2, -0.15) is 23.7 Å². The summed E-state index contributed by atoms with van der Waals surface area (Å²) in [6.45, 7) is 32.4. The van der Waals surface area contributed by atoms with E-state index in [4.69, 9.17) is 57.6 Å². The summed E-state index contributed by atoms with van der Waals surface area (Å²) >= 11 is 14.5. The summed E-state index contributed by atoms with van der Waals surface area (Å²) in [6.07, 6.45) is 2.11. The van der Waals surface area contributed by atoms with Crippen molar-refractivity contribution in [3.8, 4) is 50.3 Å². The molecule has 4 aliphatic heterocycles. The van der Waals surface area contributed by atoms with Gasteiger partial charge in [0.05, 0.1) is 92.7 Å². The molecule has 760 valence electrons. The van der Waals surface area contributed by atoms with E-state index in [2.05, 4.69) is 32.0 Å². The number of rotatable bonds is 44. The first-order valence-corrected chi connectivity index (χ1v) is 50.5. The predicted molar refractivity (Wildman–Crippen MR) is 547 cm³/mol. The quantitative estimate of drug-likeness (QED) is 0.0181. The van der Waals surface area contributed by atoms with Gasteiger partial charge in [-0.15, -0.1) is 22.7 Å². The number of anilines is 4. The molecular weight excluding hydrogens is 1900 g/mol. The van der Waals surface area contributed by atoms with Gasteiger partial charge in [0.2, 0.25) is 29.5 Å². The Balaban J connectivity index is 0.000000272. The monoisotopic (exact) mass is 2030 g/mol. The van der Waals surface area contributed by atoms with Crippen molar-refractivity contribution in [3.63, 3.8) is 0 Å². The largest absolute Gasteiger partial charge is 0.495 e. The van der Waals surface area contributed by atoms with Crippen molar-refractivity contribution in [2.24, 2.45) is 28.6 Å². The number of thiazole rings is 2. The van der Waals surface area contributed by atoms with Crippen molar-refractivity contribution in [2.45, 2.75) is 222 Å². The van der Waals surface area contributed by atoms with Crippen molar-refractivity contribution in [2.75, 3.05) is 106 Å². The molecule has 6 aromatic carbocycles. The molecule has 8 aromatic rings. The molecule has 7 amide bonds. The summed E-state index contributed by atoms with van der Waals surface area (Å²) in [4.78, 5) is 129. The van der Waals surface area contributed by atoms with Gasteiger partial charge in [-0.3, -0.25) is 48.2 Å². The first-order chi connectivity index (χ1) is 67.4. The van der Waals surface area contributed by atoms with E-state index in [-0.39, 0.29) is 102 Å². The second-order valence-electron chi connectivity index (χ2n) is 39.5. The highest BCUT2D eigenvalue weighted by Crippen LogP contribution is 2.44. The molecule has 0 bridgehead atoms. The van der Waals surface area contributed by atoms with Crippen molar-refractivity contribution in [1.29, 1.82) is 10.5 Å². The Bertz CT molecular complexity index is 5870. The van der Waals surface area contributed by atoms with Crippen LogP contribution in [0.1, 0.15) is 206 Å². The molecule has 0 spiro atoms. The number of amides is 7. The van der Waals surface area contributed by atoms with E-state index in [0.29, 0.717) is 132 Å². The predicted octanol–water partition coefficient (Wildman–Crippen LogP) is 18.7. The van der Waals surface area contributed by atoms with E-state index in [9.17, 15) is 62.1 Å².